The molecule has 0 spiro atoms. The van der Waals surface area contributed by atoms with Gasteiger partial charge in [-0.2, -0.15) is 0 Å². The first kappa shape index (κ1) is 19.6. The monoisotopic (exact) mass is 413 g/mol. The van der Waals surface area contributed by atoms with Crippen molar-refractivity contribution in [3.05, 3.63) is 34.7 Å². The number of thiophene rings is 1. The minimum atomic E-state index is -0.152. The van der Waals surface area contributed by atoms with Crippen LogP contribution in [0.15, 0.2) is 24.3 Å². The number of aromatic nitrogens is 1. The van der Waals surface area contributed by atoms with Gasteiger partial charge in [-0.25, -0.2) is 4.98 Å². The van der Waals surface area contributed by atoms with E-state index >= 15 is 0 Å². The van der Waals surface area contributed by atoms with Gasteiger partial charge < -0.3 is 10.6 Å². The number of hydrogen-bond acceptors (Lipinski definition) is 5. The van der Waals surface area contributed by atoms with E-state index in [4.69, 9.17) is 4.98 Å². The first-order valence-corrected chi connectivity index (χ1v) is 11.4. The molecule has 1 aromatic carbocycles. The summed E-state index contributed by atoms with van der Waals surface area (Å²) < 4.78 is 1.18. The number of thiazole rings is 1. The zero-order chi connectivity index (χ0) is 20.1. The fraction of sp³-hybridized carbons (Fsp3) is 0.455. The molecule has 2 aromatic heterocycles. The molecule has 0 radical (unpaired) electrons. The quantitative estimate of drug-likeness (QED) is 0.558. The van der Waals surface area contributed by atoms with E-state index in [0.717, 1.165) is 33.9 Å². The van der Waals surface area contributed by atoms with E-state index in [9.17, 15) is 4.79 Å². The van der Waals surface area contributed by atoms with Crippen molar-refractivity contribution in [1.29, 1.82) is 0 Å². The molecule has 0 saturated carbocycles. The van der Waals surface area contributed by atoms with Crippen LogP contribution in [0.4, 0.5) is 5.00 Å². The smallest absolute Gasteiger partial charge is 0.224 e. The first-order chi connectivity index (χ1) is 13.2. The minimum Gasteiger partial charge on any atom is -0.317 e. The SMILES string of the molecule is CCCC(=O)Nc1sc2c(c1-c1nc3ccccc3s1)CC(C)(C)NC2(C)C. The largest absolute Gasteiger partial charge is 0.317 e. The summed E-state index contributed by atoms with van der Waals surface area (Å²) in [5.41, 5.74) is 3.29. The molecule has 6 heteroatoms. The Hall–Kier alpha value is -1.76. The number of nitrogens with zero attached hydrogens (tertiary/aromatic N) is 1. The number of rotatable bonds is 4. The van der Waals surface area contributed by atoms with Crippen LogP contribution >= 0.6 is 22.7 Å². The molecular weight excluding hydrogens is 386 g/mol. The number of anilines is 1. The topological polar surface area (TPSA) is 54.0 Å². The van der Waals surface area contributed by atoms with E-state index in [-0.39, 0.29) is 17.0 Å². The lowest BCUT2D eigenvalue weighted by atomic mass is 9.81. The molecule has 4 rings (SSSR count). The molecule has 1 aliphatic rings. The number of nitrogens with one attached hydrogen (secondary N) is 2. The van der Waals surface area contributed by atoms with Crippen molar-refractivity contribution in [2.75, 3.05) is 5.32 Å². The summed E-state index contributed by atoms with van der Waals surface area (Å²) in [7, 11) is 0. The highest BCUT2D eigenvalue weighted by Gasteiger charge is 2.41. The van der Waals surface area contributed by atoms with E-state index in [0.29, 0.717) is 6.42 Å². The van der Waals surface area contributed by atoms with Crippen LogP contribution in [-0.2, 0) is 16.8 Å². The number of para-hydroxylation sites is 1. The Labute approximate surface area is 174 Å². The summed E-state index contributed by atoms with van der Waals surface area (Å²) in [4.78, 5) is 18.7. The van der Waals surface area contributed by atoms with Crippen LogP contribution in [0.25, 0.3) is 20.8 Å². The van der Waals surface area contributed by atoms with Gasteiger partial charge in [0.15, 0.2) is 0 Å². The van der Waals surface area contributed by atoms with Crippen molar-refractivity contribution in [2.45, 2.75) is 65.0 Å². The highest BCUT2D eigenvalue weighted by Crippen LogP contribution is 2.50. The second kappa shape index (κ2) is 6.94. The van der Waals surface area contributed by atoms with Gasteiger partial charge in [-0.05, 0) is 58.2 Å². The molecule has 0 aliphatic carbocycles. The molecule has 2 N–H and O–H groups in total. The third-order valence-electron chi connectivity index (χ3n) is 5.08. The van der Waals surface area contributed by atoms with Crippen molar-refractivity contribution >= 4 is 43.8 Å². The maximum atomic E-state index is 12.4. The molecule has 0 atom stereocenters. The minimum absolute atomic E-state index is 0.0201. The standard InChI is InChI=1S/C22H27N3OS2/c1-6-9-16(26)24-20-17(19-23-14-10-7-8-11-15(14)27-19)13-12-21(2,3)25-22(4,5)18(13)28-20/h7-8,10-11,25H,6,9,12H2,1-5H3,(H,24,26). The summed E-state index contributed by atoms with van der Waals surface area (Å²) in [5.74, 6) is 0.0773. The highest BCUT2D eigenvalue weighted by molar-refractivity contribution is 7.23. The van der Waals surface area contributed by atoms with Crippen LogP contribution in [0.2, 0.25) is 0 Å². The van der Waals surface area contributed by atoms with Crippen LogP contribution in [-0.4, -0.2) is 16.4 Å². The molecule has 0 bridgehead atoms. The lowest BCUT2D eigenvalue weighted by molar-refractivity contribution is -0.116. The Morgan fingerprint density at radius 2 is 1.96 bits per heavy atom. The second-order valence-corrected chi connectivity index (χ2v) is 10.8. The van der Waals surface area contributed by atoms with E-state index in [1.54, 1.807) is 22.7 Å². The Bertz CT molecular complexity index is 1010. The molecule has 4 nitrogen and oxygen atoms in total. The molecular formula is C22H27N3OS2. The molecule has 3 heterocycles. The fourth-order valence-electron chi connectivity index (χ4n) is 4.24. The van der Waals surface area contributed by atoms with Crippen molar-refractivity contribution in [3.63, 3.8) is 0 Å². The summed E-state index contributed by atoms with van der Waals surface area (Å²) in [6.07, 6.45) is 2.29. The Morgan fingerprint density at radius 3 is 2.68 bits per heavy atom. The van der Waals surface area contributed by atoms with Gasteiger partial charge in [0.25, 0.3) is 0 Å². The summed E-state index contributed by atoms with van der Waals surface area (Å²) in [6, 6.07) is 8.24. The summed E-state index contributed by atoms with van der Waals surface area (Å²) >= 11 is 3.41. The lowest BCUT2D eigenvalue weighted by Gasteiger charge is -2.42. The van der Waals surface area contributed by atoms with Crippen molar-refractivity contribution < 1.29 is 4.79 Å². The van der Waals surface area contributed by atoms with Gasteiger partial charge in [0.2, 0.25) is 5.91 Å². The number of carbonyl (C=O) groups is 1. The number of benzene rings is 1. The lowest BCUT2D eigenvalue weighted by Crippen LogP contribution is -2.54. The van der Waals surface area contributed by atoms with Crippen LogP contribution in [0.5, 0.6) is 0 Å². The average Bonchev–Trinajstić information content (AvgIpc) is 3.14. The molecule has 0 fully saturated rings. The van der Waals surface area contributed by atoms with Crippen LogP contribution in [0.1, 0.15) is 57.9 Å². The van der Waals surface area contributed by atoms with E-state index in [1.807, 2.05) is 19.1 Å². The van der Waals surface area contributed by atoms with E-state index in [1.165, 1.54) is 15.1 Å². The third-order valence-corrected chi connectivity index (χ3v) is 7.61. The predicted molar refractivity (Wildman–Crippen MR) is 120 cm³/mol. The zero-order valence-corrected chi connectivity index (χ0v) is 18.7. The number of hydrogen-bond donors (Lipinski definition) is 2. The van der Waals surface area contributed by atoms with Crippen molar-refractivity contribution in [3.8, 4) is 10.6 Å². The summed E-state index contributed by atoms with van der Waals surface area (Å²) in [6.45, 7) is 11.0. The molecule has 0 unspecified atom stereocenters. The third kappa shape index (κ3) is 3.49. The van der Waals surface area contributed by atoms with Gasteiger partial charge >= 0.3 is 0 Å². The van der Waals surface area contributed by atoms with E-state index < -0.39 is 0 Å². The van der Waals surface area contributed by atoms with Gasteiger partial charge in [-0.15, -0.1) is 22.7 Å². The second-order valence-electron chi connectivity index (χ2n) is 8.71. The van der Waals surface area contributed by atoms with Gasteiger partial charge in [0, 0.05) is 27.9 Å². The number of carbonyl (C=O) groups excluding carboxylic acids is 1. The van der Waals surface area contributed by atoms with Crippen LogP contribution in [0.3, 0.4) is 0 Å². The first-order valence-electron chi connectivity index (χ1n) is 9.81. The van der Waals surface area contributed by atoms with Crippen molar-refractivity contribution in [1.82, 2.24) is 10.3 Å². The van der Waals surface area contributed by atoms with Gasteiger partial charge in [0.05, 0.1) is 10.2 Å². The Balaban J connectivity index is 1.91. The van der Waals surface area contributed by atoms with Crippen LogP contribution in [0, 0.1) is 0 Å². The Kier molecular flexibility index (Phi) is 4.84. The summed E-state index contributed by atoms with van der Waals surface area (Å²) in [5, 5.41) is 8.90. The maximum Gasteiger partial charge on any atom is 0.224 e. The van der Waals surface area contributed by atoms with Gasteiger partial charge in [-0.3, -0.25) is 4.79 Å². The highest BCUT2D eigenvalue weighted by atomic mass is 32.1. The average molecular weight is 414 g/mol. The Morgan fingerprint density at radius 1 is 1.21 bits per heavy atom. The van der Waals surface area contributed by atoms with Crippen LogP contribution < -0.4 is 10.6 Å². The normalized spacial score (nSPS) is 17.5. The maximum absolute atomic E-state index is 12.4. The molecule has 3 aromatic rings. The van der Waals surface area contributed by atoms with Gasteiger partial charge in [0.1, 0.15) is 10.0 Å². The number of amides is 1. The molecule has 148 valence electrons. The van der Waals surface area contributed by atoms with Crippen molar-refractivity contribution in [2.24, 2.45) is 0 Å². The molecule has 0 saturated heterocycles. The van der Waals surface area contributed by atoms with E-state index in [2.05, 4.69) is 50.5 Å². The predicted octanol–water partition coefficient (Wildman–Crippen LogP) is 5.92. The molecule has 28 heavy (non-hydrogen) atoms. The van der Waals surface area contributed by atoms with Gasteiger partial charge in [-0.1, -0.05) is 19.1 Å². The number of fused-ring (bicyclic) bond motifs is 2. The molecule has 1 amide bonds. The zero-order valence-electron chi connectivity index (χ0n) is 17.1. The molecule has 1 aliphatic heterocycles. The fourth-order valence-corrected chi connectivity index (χ4v) is 6.64.